The van der Waals surface area contributed by atoms with Crippen LogP contribution in [0.4, 0.5) is 0 Å². The molecule has 3 aliphatic rings. The Bertz CT molecular complexity index is 838. The molecule has 1 aliphatic carbocycles. The average molecular weight is 430 g/mol. The molecule has 0 amide bonds. The SMILES string of the molecule is Clc1cc(Cl)c2c(c1)C[C@H]1CCC[C@@H]3Cc4cc(Cl)cc(Cl)c4OC13O2. The monoisotopic (exact) mass is 428 g/mol. The number of hydrogen-bond acceptors (Lipinski definition) is 2. The van der Waals surface area contributed by atoms with Crippen molar-refractivity contribution in [3.63, 3.8) is 0 Å². The molecule has 2 aliphatic heterocycles. The lowest BCUT2D eigenvalue weighted by molar-refractivity contribution is -0.226. The fraction of sp³-hybridized carbons (Fsp3) is 0.400. The molecule has 0 unspecified atom stereocenters. The topological polar surface area (TPSA) is 18.5 Å². The molecule has 2 aromatic carbocycles. The van der Waals surface area contributed by atoms with Crippen molar-refractivity contribution in [2.45, 2.75) is 37.9 Å². The quantitative estimate of drug-likeness (QED) is 0.449. The molecular formula is C20H16Cl4O2. The number of fused-ring (bicyclic) bond motifs is 2. The van der Waals surface area contributed by atoms with Crippen LogP contribution in [0.2, 0.25) is 20.1 Å². The van der Waals surface area contributed by atoms with Crippen molar-refractivity contribution in [2.24, 2.45) is 11.8 Å². The minimum absolute atomic E-state index is 0.239. The van der Waals surface area contributed by atoms with Gasteiger partial charge < -0.3 is 9.47 Å². The van der Waals surface area contributed by atoms with Gasteiger partial charge in [0.15, 0.2) is 0 Å². The lowest BCUT2D eigenvalue weighted by Gasteiger charge is -2.53. The van der Waals surface area contributed by atoms with E-state index in [0.717, 1.165) is 43.2 Å². The Hall–Kier alpha value is -0.800. The van der Waals surface area contributed by atoms with Crippen molar-refractivity contribution < 1.29 is 9.47 Å². The second kappa shape index (κ2) is 6.10. The summed E-state index contributed by atoms with van der Waals surface area (Å²) in [4.78, 5) is 0. The molecule has 0 aromatic heterocycles. The van der Waals surface area contributed by atoms with Gasteiger partial charge >= 0.3 is 0 Å². The highest BCUT2D eigenvalue weighted by Gasteiger charge is 2.57. The van der Waals surface area contributed by atoms with Gasteiger partial charge in [-0.25, -0.2) is 0 Å². The molecule has 26 heavy (non-hydrogen) atoms. The molecule has 136 valence electrons. The molecule has 0 bridgehead atoms. The smallest absolute Gasteiger partial charge is 0.257 e. The van der Waals surface area contributed by atoms with E-state index in [0.29, 0.717) is 31.6 Å². The van der Waals surface area contributed by atoms with E-state index in [1.54, 1.807) is 12.1 Å². The van der Waals surface area contributed by atoms with Gasteiger partial charge in [0.05, 0.1) is 10.0 Å². The third-order valence-electron chi connectivity index (χ3n) is 5.87. The summed E-state index contributed by atoms with van der Waals surface area (Å²) in [5.74, 6) is 1.12. The summed E-state index contributed by atoms with van der Waals surface area (Å²) in [5, 5.41) is 2.32. The maximum absolute atomic E-state index is 6.55. The lowest BCUT2D eigenvalue weighted by atomic mass is 9.68. The Morgan fingerprint density at radius 2 is 1.19 bits per heavy atom. The summed E-state index contributed by atoms with van der Waals surface area (Å²) < 4.78 is 13.1. The summed E-state index contributed by atoms with van der Waals surface area (Å²) in [5.41, 5.74) is 2.10. The van der Waals surface area contributed by atoms with Gasteiger partial charge in [-0.2, -0.15) is 0 Å². The van der Waals surface area contributed by atoms with Crippen LogP contribution in [0.25, 0.3) is 0 Å². The standard InChI is InChI=1S/C20H16Cl4O2/c21-14-6-10-4-12-2-1-3-13-5-11-7-15(22)9-17(24)19(11)26-20(12,13)25-18(10)16(23)8-14/h6-9,12-13H,1-5H2/t12-,13-,20?/m1/s1. The van der Waals surface area contributed by atoms with Crippen molar-refractivity contribution in [3.05, 3.63) is 55.5 Å². The van der Waals surface area contributed by atoms with Crippen LogP contribution in [-0.2, 0) is 12.8 Å². The van der Waals surface area contributed by atoms with E-state index in [1.807, 2.05) is 12.1 Å². The van der Waals surface area contributed by atoms with Gasteiger partial charge in [0, 0.05) is 21.9 Å². The first-order valence-electron chi connectivity index (χ1n) is 8.80. The van der Waals surface area contributed by atoms with Crippen molar-refractivity contribution >= 4 is 46.4 Å². The van der Waals surface area contributed by atoms with E-state index in [1.165, 1.54) is 0 Å². The second-order valence-corrected chi connectivity index (χ2v) is 9.10. The zero-order valence-corrected chi connectivity index (χ0v) is 16.9. The van der Waals surface area contributed by atoms with Crippen LogP contribution in [0.5, 0.6) is 11.5 Å². The van der Waals surface area contributed by atoms with Gasteiger partial charge in [0.2, 0.25) is 0 Å². The molecular weight excluding hydrogens is 414 g/mol. The molecule has 2 aromatic rings. The van der Waals surface area contributed by atoms with Gasteiger partial charge in [-0.15, -0.1) is 0 Å². The average Bonchev–Trinajstić information content (AvgIpc) is 2.58. The predicted molar refractivity (Wildman–Crippen MR) is 105 cm³/mol. The fourth-order valence-corrected chi connectivity index (χ4v) is 5.95. The van der Waals surface area contributed by atoms with Crippen LogP contribution in [0.1, 0.15) is 30.4 Å². The van der Waals surface area contributed by atoms with Gasteiger partial charge in [0.25, 0.3) is 5.79 Å². The van der Waals surface area contributed by atoms with Crippen LogP contribution in [0.15, 0.2) is 24.3 Å². The molecule has 2 atom stereocenters. The first-order chi connectivity index (χ1) is 12.5. The van der Waals surface area contributed by atoms with Crippen LogP contribution >= 0.6 is 46.4 Å². The van der Waals surface area contributed by atoms with E-state index in [2.05, 4.69) is 0 Å². The van der Waals surface area contributed by atoms with Crippen LogP contribution in [0, 0.1) is 11.8 Å². The summed E-state index contributed by atoms with van der Waals surface area (Å²) in [6.07, 6.45) is 4.91. The van der Waals surface area contributed by atoms with Crippen molar-refractivity contribution in [3.8, 4) is 11.5 Å². The zero-order valence-electron chi connectivity index (χ0n) is 13.8. The molecule has 1 saturated carbocycles. The van der Waals surface area contributed by atoms with Crippen LogP contribution in [-0.4, -0.2) is 5.79 Å². The van der Waals surface area contributed by atoms with E-state index >= 15 is 0 Å². The molecule has 0 radical (unpaired) electrons. The molecule has 6 heteroatoms. The number of rotatable bonds is 0. The van der Waals surface area contributed by atoms with E-state index in [4.69, 9.17) is 55.9 Å². The van der Waals surface area contributed by atoms with E-state index < -0.39 is 5.79 Å². The Balaban J connectivity index is 1.64. The largest absolute Gasteiger partial charge is 0.450 e. The highest BCUT2D eigenvalue weighted by Crippen LogP contribution is 2.55. The number of hydrogen-bond donors (Lipinski definition) is 0. The molecule has 0 saturated heterocycles. The molecule has 2 heterocycles. The highest BCUT2D eigenvalue weighted by molar-refractivity contribution is 6.36. The summed E-state index contributed by atoms with van der Waals surface area (Å²) in [6, 6.07) is 7.34. The van der Waals surface area contributed by atoms with Crippen molar-refractivity contribution in [1.82, 2.24) is 0 Å². The number of benzene rings is 2. The number of halogens is 4. The maximum atomic E-state index is 6.55. The van der Waals surface area contributed by atoms with Crippen molar-refractivity contribution in [2.75, 3.05) is 0 Å². The predicted octanol–water partition coefficient (Wildman–Crippen LogP) is 6.98. The maximum Gasteiger partial charge on any atom is 0.257 e. The van der Waals surface area contributed by atoms with Gasteiger partial charge in [-0.1, -0.05) is 52.8 Å². The van der Waals surface area contributed by atoms with Crippen LogP contribution < -0.4 is 9.47 Å². The lowest BCUT2D eigenvalue weighted by Crippen LogP contribution is -2.61. The van der Waals surface area contributed by atoms with Crippen LogP contribution in [0.3, 0.4) is 0 Å². The molecule has 1 spiro atoms. The van der Waals surface area contributed by atoms with Gasteiger partial charge in [-0.3, -0.25) is 0 Å². The minimum Gasteiger partial charge on any atom is -0.450 e. The Morgan fingerprint density at radius 3 is 1.65 bits per heavy atom. The van der Waals surface area contributed by atoms with Crippen molar-refractivity contribution in [1.29, 1.82) is 0 Å². The fourth-order valence-electron chi connectivity index (χ4n) is 4.80. The molecule has 5 rings (SSSR count). The second-order valence-electron chi connectivity index (χ2n) is 7.41. The van der Waals surface area contributed by atoms with E-state index in [-0.39, 0.29) is 11.8 Å². The summed E-state index contributed by atoms with van der Waals surface area (Å²) in [7, 11) is 0. The molecule has 0 N–H and O–H groups in total. The molecule has 2 nitrogen and oxygen atoms in total. The zero-order chi connectivity index (χ0) is 18.1. The van der Waals surface area contributed by atoms with Gasteiger partial charge in [-0.05, 0) is 61.1 Å². The van der Waals surface area contributed by atoms with E-state index in [9.17, 15) is 0 Å². The Labute approximate surface area is 172 Å². The highest BCUT2D eigenvalue weighted by atomic mass is 35.5. The summed E-state index contributed by atoms with van der Waals surface area (Å²) >= 11 is 25.3. The number of ether oxygens (including phenoxy) is 2. The molecule has 1 fully saturated rings. The third kappa shape index (κ3) is 2.53. The Kier molecular flexibility index (Phi) is 4.06. The normalized spacial score (nSPS) is 28.8. The Morgan fingerprint density at radius 1 is 0.731 bits per heavy atom. The summed E-state index contributed by atoms with van der Waals surface area (Å²) in [6.45, 7) is 0. The van der Waals surface area contributed by atoms with Gasteiger partial charge in [0.1, 0.15) is 11.5 Å². The minimum atomic E-state index is -0.729. The first kappa shape index (κ1) is 17.3. The first-order valence-corrected chi connectivity index (χ1v) is 10.3. The third-order valence-corrected chi connectivity index (χ3v) is 6.87.